The van der Waals surface area contributed by atoms with Crippen molar-refractivity contribution in [1.29, 1.82) is 0 Å². The molecular weight excluding hydrogens is 268 g/mol. The molecule has 0 saturated carbocycles. The fourth-order valence-corrected chi connectivity index (χ4v) is 2.95. The Morgan fingerprint density at radius 2 is 1.95 bits per heavy atom. The molecule has 0 spiro atoms. The number of rotatable bonds is 3. The molecule has 1 aliphatic carbocycles. The van der Waals surface area contributed by atoms with Crippen molar-refractivity contribution in [2.75, 3.05) is 38.7 Å². The molecule has 1 fully saturated rings. The highest BCUT2D eigenvalue weighted by atomic mass is 16.4. The van der Waals surface area contributed by atoms with Gasteiger partial charge in [-0.3, -0.25) is 0 Å². The zero-order valence-corrected chi connectivity index (χ0v) is 12.4. The average molecular weight is 290 g/mol. The number of hydrogen-bond acceptors (Lipinski definition) is 5. The lowest BCUT2D eigenvalue weighted by molar-refractivity contribution is 0.0696. The lowest BCUT2D eigenvalue weighted by atomic mass is 9.95. The maximum absolute atomic E-state index is 11.5. The number of aromatic nitrogens is 1. The summed E-state index contributed by atoms with van der Waals surface area (Å²) in [5.74, 6) is -0.416. The van der Waals surface area contributed by atoms with Gasteiger partial charge in [-0.2, -0.15) is 0 Å². The van der Waals surface area contributed by atoms with Crippen molar-refractivity contribution < 1.29 is 9.90 Å². The first-order valence-corrected chi connectivity index (χ1v) is 7.60. The van der Waals surface area contributed by atoms with E-state index in [2.05, 4.69) is 27.4 Å². The van der Waals surface area contributed by atoms with Gasteiger partial charge in [-0.1, -0.05) is 0 Å². The molecule has 6 heteroatoms. The van der Waals surface area contributed by atoms with Gasteiger partial charge >= 0.3 is 5.97 Å². The number of likely N-dealkylation sites (N-methyl/N-ethyl adjacent to an activating group) is 1. The summed E-state index contributed by atoms with van der Waals surface area (Å²) in [7, 11) is 2.09. The van der Waals surface area contributed by atoms with Crippen LogP contribution in [0.15, 0.2) is 6.07 Å². The lowest BCUT2D eigenvalue weighted by Gasteiger charge is -2.33. The number of aromatic carboxylic acids is 1. The number of hydrogen-bond donors (Lipinski definition) is 2. The number of carbonyl (C=O) groups is 1. The second kappa shape index (κ2) is 5.99. The van der Waals surface area contributed by atoms with Crippen LogP contribution < -0.4 is 5.43 Å². The van der Waals surface area contributed by atoms with E-state index in [0.717, 1.165) is 63.1 Å². The SMILES string of the molecule is CN1CCN(Nc2nc3c(cc2C(=O)O)CCCC3)CC1. The number of carboxylic acid groups (broad SMARTS) is 1. The predicted octanol–water partition coefficient (Wildman–Crippen LogP) is 1.23. The third kappa shape index (κ3) is 3.16. The summed E-state index contributed by atoms with van der Waals surface area (Å²) in [6, 6.07) is 1.81. The first-order chi connectivity index (χ1) is 10.1. The van der Waals surface area contributed by atoms with Crippen LogP contribution in [0.2, 0.25) is 0 Å². The van der Waals surface area contributed by atoms with E-state index in [1.807, 2.05) is 6.07 Å². The van der Waals surface area contributed by atoms with E-state index in [9.17, 15) is 9.90 Å². The minimum Gasteiger partial charge on any atom is -0.478 e. The van der Waals surface area contributed by atoms with E-state index in [1.165, 1.54) is 0 Å². The van der Waals surface area contributed by atoms with Gasteiger partial charge < -0.3 is 15.4 Å². The number of anilines is 1. The van der Waals surface area contributed by atoms with E-state index in [1.54, 1.807) is 0 Å². The van der Waals surface area contributed by atoms with Gasteiger partial charge in [-0.15, -0.1) is 0 Å². The van der Waals surface area contributed by atoms with Crippen molar-refractivity contribution in [2.24, 2.45) is 0 Å². The molecule has 1 aromatic rings. The van der Waals surface area contributed by atoms with Crippen LogP contribution in [-0.2, 0) is 12.8 Å². The van der Waals surface area contributed by atoms with Crippen molar-refractivity contribution in [3.05, 3.63) is 22.9 Å². The van der Waals surface area contributed by atoms with Crippen LogP contribution >= 0.6 is 0 Å². The Hall–Kier alpha value is -1.66. The molecule has 0 unspecified atom stereocenters. The largest absolute Gasteiger partial charge is 0.478 e. The number of pyridine rings is 1. The lowest BCUT2D eigenvalue weighted by Crippen LogP contribution is -2.47. The van der Waals surface area contributed by atoms with E-state index < -0.39 is 5.97 Å². The molecule has 2 N–H and O–H groups in total. The molecule has 0 aromatic carbocycles. The maximum atomic E-state index is 11.5. The van der Waals surface area contributed by atoms with E-state index in [0.29, 0.717) is 5.82 Å². The molecule has 21 heavy (non-hydrogen) atoms. The predicted molar refractivity (Wildman–Crippen MR) is 80.5 cm³/mol. The first-order valence-electron chi connectivity index (χ1n) is 7.60. The molecule has 1 aliphatic heterocycles. The van der Waals surface area contributed by atoms with Crippen LogP contribution in [0, 0.1) is 0 Å². The third-order valence-corrected chi connectivity index (χ3v) is 4.30. The Morgan fingerprint density at radius 3 is 2.67 bits per heavy atom. The Bertz CT molecular complexity index is 539. The standard InChI is InChI=1S/C15H22N4O2/c1-18-6-8-19(9-7-18)17-14-12(15(20)21)10-11-4-2-3-5-13(11)16-14/h10H,2-9H2,1H3,(H,16,17)(H,20,21). The molecule has 3 rings (SSSR count). The summed E-state index contributed by atoms with van der Waals surface area (Å²) in [5.41, 5.74) is 5.66. The van der Waals surface area contributed by atoms with Gasteiger partial charge in [0, 0.05) is 31.9 Å². The molecule has 0 amide bonds. The van der Waals surface area contributed by atoms with Gasteiger partial charge in [0.25, 0.3) is 0 Å². The van der Waals surface area contributed by atoms with Crippen molar-refractivity contribution in [3.63, 3.8) is 0 Å². The molecular formula is C15H22N4O2. The first kappa shape index (κ1) is 14.3. The number of fused-ring (bicyclic) bond motifs is 1. The summed E-state index contributed by atoms with van der Waals surface area (Å²) in [5, 5.41) is 11.5. The van der Waals surface area contributed by atoms with E-state index >= 15 is 0 Å². The van der Waals surface area contributed by atoms with Gasteiger partial charge in [-0.25, -0.2) is 14.8 Å². The minimum atomic E-state index is -0.910. The Kier molecular flexibility index (Phi) is 4.07. The number of piperazine rings is 1. The van der Waals surface area contributed by atoms with Gasteiger partial charge in [0.15, 0.2) is 5.82 Å². The van der Waals surface area contributed by atoms with Crippen molar-refractivity contribution in [1.82, 2.24) is 14.9 Å². The summed E-state index contributed by atoms with van der Waals surface area (Å²) in [6.45, 7) is 3.68. The Morgan fingerprint density at radius 1 is 1.24 bits per heavy atom. The van der Waals surface area contributed by atoms with Gasteiger partial charge in [0.1, 0.15) is 5.56 Å². The van der Waals surface area contributed by atoms with Crippen LogP contribution in [0.1, 0.15) is 34.5 Å². The van der Waals surface area contributed by atoms with Gasteiger partial charge in [-0.05, 0) is 44.4 Å². The minimum absolute atomic E-state index is 0.287. The van der Waals surface area contributed by atoms with Crippen molar-refractivity contribution in [3.8, 4) is 0 Å². The summed E-state index contributed by atoms with van der Waals surface area (Å²) < 4.78 is 0. The quantitative estimate of drug-likeness (QED) is 0.873. The number of aryl methyl sites for hydroxylation is 2. The van der Waals surface area contributed by atoms with E-state index in [4.69, 9.17) is 0 Å². The zero-order valence-electron chi connectivity index (χ0n) is 12.4. The van der Waals surface area contributed by atoms with E-state index in [-0.39, 0.29) is 5.56 Å². The highest BCUT2D eigenvalue weighted by Gasteiger charge is 2.21. The van der Waals surface area contributed by atoms with Gasteiger partial charge in [0.2, 0.25) is 0 Å². The maximum Gasteiger partial charge on any atom is 0.339 e. The molecule has 0 bridgehead atoms. The molecule has 0 radical (unpaired) electrons. The summed E-state index contributed by atoms with van der Waals surface area (Å²) >= 11 is 0. The average Bonchev–Trinajstić information content (AvgIpc) is 2.48. The van der Waals surface area contributed by atoms with Crippen molar-refractivity contribution in [2.45, 2.75) is 25.7 Å². The number of hydrazine groups is 1. The normalized spacial score (nSPS) is 20.0. The molecule has 0 atom stereocenters. The summed E-state index contributed by atoms with van der Waals surface area (Å²) in [4.78, 5) is 18.4. The van der Waals surface area contributed by atoms with Crippen LogP contribution in [-0.4, -0.2) is 59.2 Å². The topological polar surface area (TPSA) is 68.7 Å². The Labute approximate surface area is 124 Å². The van der Waals surface area contributed by atoms with Crippen LogP contribution in [0.3, 0.4) is 0 Å². The second-order valence-electron chi connectivity index (χ2n) is 5.90. The highest BCUT2D eigenvalue weighted by Crippen LogP contribution is 2.25. The highest BCUT2D eigenvalue weighted by molar-refractivity contribution is 5.93. The van der Waals surface area contributed by atoms with Crippen LogP contribution in [0.5, 0.6) is 0 Å². The zero-order chi connectivity index (χ0) is 14.8. The van der Waals surface area contributed by atoms with Crippen LogP contribution in [0.25, 0.3) is 0 Å². The molecule has 1 aromatic heterocycles. The fraction of sp³-hybridized carbons (Fsp3) is 0.600. The van der Waals surface area contributed by atoms with Crippen molar-refractivity contribution >= 4 is 11.8 Å². The van der Waals surface area contributed by atoms with Crippen LogP contribution in [0.4, 0.5) is 5.82 Å². The molecule has 114 valence electrons. The molecule has 6 nitrogen and oxygen atoms in total. The number of carboxylic acids is 1. The van der Waals surface area contributed by atoms with Gasteiger partial charge in [0.05, 0.1) is 0 Å². The number of nitrogens with one attached hydrogen (secondary N) is 1. The molecule has 1 saturated heterocycles. The third-order valence-electron chi connectivity index (χ3n) is 4.30. The molecule has 2 aliphatic rings. The smallest absolute Gasteiger partial charge is 0.339 e. The fourth-order valence-electron chi connectivity index (χ4n) is 2.95. The summed E-state index contributed by atoms with van der Waals surface area (Å²) in [6.07, 6.45) is 4.16. The Balaban J connectivity index is 1.84. The number of nitrogens with zero attached hydrogens (tertiary/aromatic N) is 3. The molecule has 2 heterocycles. The second-order valence-corrected chi connectivity index (χ2v) is 5.90. The monoisotopic (exact) mass is 290 g/mol.